The molecule has 1 aromatic carbocycles. The number of halogens is 1. The highest BCUT2D eigenvalue weighted by atomic mass is 79.9. The van der Waals surface area contributed by atoms with Crippen LogP contribution in [0.2, 0.25) is 0 Å². The zero-order chi connectivity index (χ0) is 18.7. The van der Waals surface area contributed by atoms with Gasteiger partial charge in [-0.15, -0.1) is 11.3 Å². The summed E-state index contributed by atoms with van der Waals surface area (Å²) in [4.78, 5) is 37.5. The Kier molecular flexibility index (Phi) is 5.73. The Hall–Kier alpha value is -2.19. The van der Waals surface area contributed by atoms with Crippen molar-refractivity contribution >= 4 is 43.4 Å². The lowest BCUT2D eigenvalue weighted by molar-refractivity contribution is -0.121. The van der Waals surface area contributed by atoms with Crippen LogP contribution in [0.5, 0.6) is 0 Å². The third kappa shape index (κ3) is 3.66. The number of nitrogens with zero attached hydrogens (tertiary/aromatic N) is 2. The number of hydrogen-bond acceptors (Lipinski definition) is 4. The van der Waals surface area contributed by atoms with Crippen molar-refractivity contribution in [2.24, 2.45) is 0 Å². The first-order valence-electron chi connectivity index (χ1n) is 8.24. The molecule has 26 heavy (non-hydrogen) atoms. The molecule has 0 aliphatic carbocycles. The van der Waals surface area contributed by atoms with E-state index >= 15 is 0 Å². The molecule has 0 radical (unpaired) electrons. The van der Waals surface area contributed by atoms with Crippen LogP contribution in [-0.2, 0) is 24.4 Å². The van der Waals surface area contributed by atoms with E-state index in [1.165, 1.54) is 20.5 Å². The van der Waals surface area contributed by atoms with Crippen LogP contribution in [0.3, 0.4) is 0 Å². The standard InChI is InChI=1S/C18H18BrN3O3S/c1-2-8-21-17(24)16-14(7-9-26-16)22(18(21)25)11-15(23)20-10-12-5-3-4-6-13(12)19/h3-7,9H,2,8,10-11H2,1H3,(H,20,23). The number of fused-ring (bicyclic) bond motifs is 1. The molecule has 0 saturated carbocycles. The van der Waals surface area contributed by atoms with Gasteiger partial charge >= 0.3 is 5.69 Å². The monoisotopic (exact) mass is 435 g/mol. The third-order valence-electron chi connectivity index (χ3n) is 4.02. The minimum atomic E-state index is -0.446. The van der Waals surface area contributed by atoms with Crippen molar-refractivity contribution in [3.05, 3.63) is 66.6 Å². The van der Waals surface area contributed by atoms with Crippen LogP contribution in [-0.4, -0.2) is 15.0 Å². The molecule has 6 nitrogen and oxygen atoms in total. The number of carbonyl (C=O) groups excluding carboxylic acids is 1. The van der Waals surface area contributed by atoms with Crippen molar-refractivity contribution < 1.29 is 4.79 Å². The maximum atomic E-state index is 12.7. The number of benzene rings is 1. The number of amides is 1. The first kappa shape index (κ1) is 18.6. The zero-order valence-electron chi connectivity index (χ0n) is 14.2. The van der Waals surface area contributed by atoms with Crippen LogP contribution in [0.15, 0.2) is 49.8 Å². The van der Waals surface area contributed by atoms with Crippen LogP contribution < -0.4 is 16.6 Å². The predicted octanol–water partition coefficient (Wildman–Crippen LogP) is 2.71. The Morgan fingerprint density at radius 1 is 1.19 bits per heavy atom. The van der Waals surface area contributed by atoms with E-state index in [1.807, 2.05) is 31.2 Å². The molecular weight excluding hydrogens is 418 g/mol. The van der Waals surface area contributed by atoms with Gasteiger partial charge in [0.15, 0.2) is 0 Å². The van der Waals surface area contributed by atoms with E-state index in [0.717, 1.165) is 10.0 Å². The number of carbonyl (C=O) groups is 1. The molecule has 0 fully saturated rings. The molecule has 3 aromatic rings. The van der Waals surface area contributed by atoms with Gasteiger partial charge in [-0.05, 0) is 29.5 Å². The summed E-state index contributed by atoms with van der Waals surface area (Å²) >= 11 is 4.73. The average Bonchev–Trinajstić information content (AvgIpc) is 3.11. The number of rotatable bonds is 6. The molecule has 0 bridgehead atoms. The normalized spacial score (nSPS) is 11.0. The molecule has 136 valence electrons. The van der Waals surface area contributed by atoms with Gasteiger partial charge in [-0.25, -0.2) is 4.79 Å². The lowest BCUT2D eigenvalue weighted by Gasteiger charge is -2.12. The fourth-order valence-electron chi connectivity index (χ4n) is 2.74. The summed E-state index contributed by atoms with van der Waals surface area (Å²) in [6.45, 7) is 2.47. The first-order chi connectivity index (χ1) is 12.5. The topological polar surface area (TPSA) is 73.1 Å². The van der Waals surface area contributed by atoms with Gasteiger partial charge in [-0.2, -0.15) is 0 Å². The first-order valence-corrected chi connectivity index (χ1v) is 9.91. The van der Waals surface area contributed by atoms with E-state index in [4.69, 9.17) is 0 Å². The largest absolute Gasteiger partial charge is 0.350 e. The molecular formula is C18H18BrN3O3S. The second-order valence-electron chi connectivity index (χ2n) is 5.83. The Balaban J connectivity index is 1.87. The summed E-state index contributed by atoms with van der Waals surface area (Å²) in [5, 5.41) is 4.59. The smallest absolute Gasteiger partial charge is 0.332 e. The zero-order valence-corrected chi connectivity index (χ0v) is 16.6. The molecule has 0 saturated heterocycles. The van der Waals surface area contributed by atoms with Gasteiger partial charge < -0.3 is 5.32 Å². The van der Waals surface area contributed by atoms with E-state index in [0.29, 0.717) is 29.7 Å². The van der Waals surface area contributed by atoms with Crippen molar-refractivity contribution in [1.29, 1.82) is 0 Å². The molecule has 0 aliphatic rings. The summed E-state index contributed by atoms with van der Waals surface area (Å²) < 4.78 is 3.99. The summed E-state index contributed by atoms with van der Waals surface area (Å²) in [7, 11) is 0. The van der Waals surface area contributed by atoms with E-state index in [-0.39, 0.29) is 18.0 Å². The van der Waals surface area contributed by atoms with Gasteiger partial charge in [0, 0.05) is 17.6 Å². The van der Waals surface area contributed by atoms with Crippen LogP contribution in [0, 0.1) is 0 Å². The second-order valence-corrected chi connectivity index (χ2v) is 7.60. The lowest BCUT2D eigenvalue weighted by Crippen LogP contribution is -2.42. The Morgan fingerprint density at radius 3 is 2.69 bits per heavy atom. The fraction of sp³-hybridized carbons (Fsp3) is 0.278. The predicted molar refractivity (Wildman–Crippen MR) is 107 cm³/mol. The SMILES string of the molecule is CCCn1c(=O)c2sccc2n(CC(=O)NCc2ccccc2Br)c1=O. The maximum Gasteiger partial charge on any atom is 0.332 e. The molecule has 3 rings (SSSR count). The van der Waals surface area contributed by atoms with Crippen molar-refractivity contribution in [2.75, 3.05) is 0 Å². The maximum absolute atomic E-state index is 12.7. The Labute approximate surface area is 162 Å². The summed E-state index contributed by atoms with van der Waals surface area (Å²) in [5.74, 6) is -0.281. The molecule has 1 N–H and O–H groups in total. The van der Waals surface area contributed by atoms with Crippen molar-refractivity contribution in [1.82, 2.24) is 14.5 Å². The van der Waals surface area contributed by atoms with Crippen LogP contribution in [0.1, 0.15) is 18.9 Å². The molecule has 0 atom stereocenters. The van der Waals surface area contributed by atoms with Crippen molar-refractivity contribution in [2.45, 2.75) is 33.0 Å². The summed E-state index contributed by atoms with van der Waals surface area (Å²) in [6.07, 6.45) is 0.667. The van der Waals surface area contributed by atoms with Gasteiger partial charge in [0.25, 0.3) is 5.56 Å². The third-order valence-corrected chi connectivity index (χ3v) is 5.68. The summed E-state index contributed by atoms with van der Waals surface area (Å²) in [6, 6.07) is 9.32. The average molecular weight is 436 g/mol. The van der Waals surface area contributed by atoms with E-state index in [1.54, 1.807) is 11.4 Å². The van der Waals surface area contributed by atoms with Crippen LogP contribution >= 0.6 is 27.3 Å². The highest BCUT2D eigenvalue weighted by Gasteiger charge is 2.16. The molecule has 0 unspecified atom stereocenters. The van der Waals surface area contributed by atoms with Gasteiger partial charge in [0.1, 0.15) is 11.2 Å². The van der Waals surface area contributed by atoms with Crippen molar-refractivity contribution in [3.63, 3.8) is 0 Å². The van der Waals surface area contributed by atoms with Gasteiger partial charge in [0.2, 0.25) is 5.91 Å². The molecule has 2 aromatic heterocycles. The number of aromatic nitrogens is 2. The molecule has 0 aliphatic heterocycles. The van der Waals surface area contributed by atoms with Crippen LogP contribution in [0.4, 0.5) is 0 Å². The van der Waals surface area contributed by atoms with Crippen LogP contribution in [0.25, 0.3) is 10.2 Å². The number of hydrogen-bond donors (Lipinski definition) is 1. The van der Waals surface area contributed by atoms with Gasteiger partial charge in [-0.3, -0.25) is 18.7 Å². The lowest BCUT2D eigenvalue weighted by atomic mass is 10.2. The fourth-order valence-corrected chi connectivity index (χ4v) is 4.01. The highest BCUT2D eigenvalue weighted by molar-refractivity contribution is 9.10. The van der Waals surface area contributed by atoms with E-state index in [9.17, 15) is 14.4 Å². The molecule has 1 amide bonds. The summed E-state index contributed by atoms with van der Waals surface area (Å²) in [5.41, 5.74) is 0.726. The highest BCUT2D eigenvalue weighted by Crippen LogP contribution is 2.16. The Bertz CT molecular complexity index is 1070. The quantitative estimate of drug-likeness (QED) is 0.646. The second kappa shape index (κ2) is 8.01. The Morgan fingerprint density at radius 2 is 1.96 bits per heavy atom. The van der Waals surface area contributed by atoms with Crippen molar-refractivity contribution in [3.8, 4) is 0 Å². The molecule has 2 heterocycles. The molecule has 0 spiro atoms. The minimum absolute atomic E-state index is 0.124. The van der Waals surface area contributed by atoms with Gasteiger partial charge in [-0.1, -0.05) is 41.1 Å². The van der Waals surface area contributed by atoms with E-state index < -0.39 is 5.69 Å². The minimum Gasteiger partial charge on any atom is -0.350 e. The van der Waals surface area contributed by atoms with Gasteiger partial charge in [0.05, 0.1) is 5.52 Å². The molecule has 8 heteroatoms. The van der Waals surface area contributed by atoms with E-state index in [2.05, 4.69) is 21.2 Å². The number of nitrogens with one attached hydrogen (secondary N) is 1. The number of thiophene rings is 1.